The van der Waals surface area contributed by atoms with E-state index >= 15 is 0 Å². The Bertz CT molecular complexity index is 972. The van der Waals surface area contributed by atoms with Gasteiger partial charge in [0.2, 0.25) is 0 Å². The van der Waals surface area contributed by atoms with Gasteiger partial charge in [-0.15, -0.1) is 0 Å². The molecule has 1 saturated carbocycles. The lowest BCUT2D eigenvalue weighted by atomic mass is 10.1. The molecule has 3 N–H and O–H groups in total. The number of carbonyl (C=O) groups excluding carboxylic acids is 1. The fraction of sp³-hybridized carbons (Fsp3) is 0.400. The molecule has 1 aromatic carbocycles. The second-order valence-electron chi connectivity index (χ2n) is 7.65. The number of aliphatic hydroxyl groups excluding tert-OH is 1. The average molecular weight is 382 g/mol. The number of thiazole rings is 1. The van der Waals surface area contributed by atoms with Crippen LogP contribution in [-0.4, -0.2) is 45.6 Å². The molecule has 1 amide bonds. The van der Waals surface area contributed by atoms with Crippen molar-refractivity contribution in [3.05, 3.63) is 46.6 Å². The van der Waals surface area contributed by atoms with Gasteiger partial charge < -0.3 is 20.3 Å². The third-order valence-corrected chi connectivity index (χ3v) is 6.73. The van der Waals surface area contributed by atoms with Crippen molar-refractivity contribution in [3.63, 3.8) is 0 Å². The van der Waals surface area contributed by atoms with E-state index in [9.17, 15) is 9.90 Å². The van der Waals surface area contributed by atoms with Gasteiger partial charge in [0.05, 0.1) is 18.8 Å². The lowest BCUT2D eigenvalue weighted by Crippen LogP contribution is -2.35. The first kappa shape index (κ1) is 16.8. The predicted octanol–water partition coefficient (Wildman–Crippen LogP) is 3.01. The number of anilines is 1. The van der Waals surface area contributed by atoms with Gasteiger partial charge in [0, 0.05) is 40.7 Å². The number of carbonyl (C=O) groups is 1. The summed E-state index contributed by atoms with van der Waals surface area (Å²) in [7, 11) is 0. The summed E-state index contributed by atoms with van der Waals surface area (Å²) in [5, 5.41) is 14.8. The normalized spacial score (nSPS) is 17.7. The van der Waals surface area contributed by atoms with Crippen LogP contribution in [0.25, 0.3) is 10.9 Å². The molecule has 27 heavy (non-hydrogen) atoms. The number of nitrogens with zero attached hydrogens (tertiary/aromatic N) is 2. The molecule has 0 atom stereocenters. The molecule has 0 unspecified atom stereocenters. The molecule has 140 valence electrons. The van der Waals surface area contributed by atoms with E-state index in [1.165, 1.54) is 0 Å². The minimum atomic E-state index is 0.0389. The van der Waals surface area contributed by atoms with Gasteiger partial charge in [-0.25, -0.2) is 4.98 Å². The summed E-state index contributed by atoms with van der Waals surface area (Å²) in [6.45, 7) is 2.30. The molecule has 1 fully saturated rings. The van der Waals surface area contributed by atoms with Crippen LogP contribution in [0.1, 0.15) is 33.9 Å². The molecule has 1 aliphatic heterocycles. The number of amides is 1. The van der Waals surface area contributed by atoms with Crippen molar-refractivity contribution in [2.45, 2.75) is 25.8 Å². The van der Waals surface area contributed by atoms with E-state index in [0.717, 1.165) is 52.4 Å². The Morgan fingerprint density at radius 3 is 3.00 bits per heavy atom. The molecule has 0 saturated heterocycles. The number of hydrogen-bond acceptors (Lipinski definition) is 5. The second-order valence-corrected chi connectivity index (χ2v) is 8.73. The molecule has 2 aromatic heterocycles. The monoisotopic (exact) mass is 382 g/mol. The van der Waals surface area contributed by atoms with Crippen LogP contribution < -0.4 is 5.32 Å². The van der Waals surface area contributed by atoms with Gasteiger partial charge in [0.1, 0.15) is 5.69 Å². The Kier molecular flexibility index (Phi) is 3.94. The SMILES string of the molecule is O=C(c1cc2ccccc2[nH]1)N1CCc2nc(NCC3(CO)CC3)sc2C1. The number of nitrogens with one attached hydrogen (secondary N) is 2. The Morgan fingerprint density at radius 2 is 2.22 bits per heavy atom. The zero-order chi connectivity index (χ0) is 18.4. The third kappa shape index (κ3) is 3.11. The van der Waals surface area contributed by atoms with E-state index in [2.05, 4.69) is 10.3 Å². The standard InChI is InChI=1S/C20H22N4O2S/c25-12-20(6-7-20)11-21-19-23-15-5-8-24(10-17(15)27-19)18(26)16-9-13-3-1-2-4-14(13)22-16/h1-4,9,22,25H,5-8,10-12H2,(H,21,23). The van der Waals surface area contributed by atoms with Crippen LogP contribution in [0.2, 0.25) is 0 Å². The average Bonchev–Trinajstić information content (AvgIpc) is 3.17. The molecular formula is C20H22N4O2S. The maximum Gasteiger partial charge on any atom is 0.270 e. The van der Waals surface area contributed by atoms with Gasteiger partial charge in [-0.3, -0.25) is 4.79 Å². The van der Waals surface area contributed by atoms with Crippen LogP contribution in [0.5, 0.6) is 0 Å². The molecule has 0 radical (unpaired) electrons. The van der Waals surface area contributed by atoms with Crippen LogP contribution in [0.4, 0.5) is 5.13 Å². The summed E-state index contributed by atoms with van der Waals surface area (Å²) in [4.78, 5) is 23.9. The molecule has 0 bridgehead atoms. The van der Waals surface area contributed by atoms with Crippen LogP contribution in [0.15, 0.2) is 30.3 Å². The lowest BCUT2D eigenvalue weighted by Gasteiger charge is -2.25. The Labute approximate surface area is 161 Å². The molecule has 6 nitrogen and oxygen atoms in total. The highest BCUT2D eigenvalue weighted by atomic mass is 32.1. The van der Waals surface area contributed by atoms with E-state index < -0.39 is 0 Å². The Balaban J connectivity index is 1.29. The topological polar surface area (TPSA) is 81.2 Å². The lowest BCUT2D eigenvalue weighted by molar-refractivity contribution is 0.0731. The number of hydrogen-bond donors (Lipinski definition) is 3. The first-order valence-corrected chi connectivity index (χ1v) is 10.2. The smallest absolute Gasteiger partial charge is 0.270 e. The summed E-state index contributed by atoms with van der Waals surface area (Å²) in [5.41, 5.74) is 2.78. The van der Waals surface area contributed by atoms with Gasteiger partial charge >= 0.3 is 0 Å². The van der Waals surface area contributed by atoms with Crippen molar-refractivity contribution in [2.24, 2.45) is 5.41 Å². The highest BCUT2D eigenvalue weighted by Crippen LogP contribution is 2.45. The molecule has 0 spiro atoms. The molecule has 5 rings (SSSR count). The summed E-state index contributed by atoms with van der Waals surface area (Å²) in [5.74, 6) is 0.0389. The molecule has 1 aliphatic carbocycles. The van der Waals surface area contributed by atoms with E-state index in [-0.39, 0.29) is 17.9 Å². The van der Waals surface area contributed by atoms with Crippen molar-refractivity contribution in [1.82, 2.24) is 14.9 Å². The number of H-pyrrole nitrogens is 1. The van der Waals surface area contributed by atoms with E-state index in [1.54, 1.807) is 11.3 Å². The van der Waals surface area contributed by atoms with Crippen molar-refractivity contribution >= 4 is 33.3 Å². The number of aromatic nitrogens is 2. The number of para-hydroxylation sites is 1. The van der Waals surface area contributed by atoms with Crippen LogP contribution in [0.3, 0.4) is 0 Å². The molecule has 2 aliphatic rings. The number of aromatic amines is 1. The molecule has 3 heterocycles. The fourth-order valence-electron chi connectivity index (χ4n) is 3.63. The number of benzene rings is 1. The number of rotatable bonds is 5. The number of fused-ring (bicyclic) bond motifs is 2. The zero-order valence-electron chi connectivity index (χ0n) is 15.0. The summed E-state index contributed by atoms with van der Waals surface area (Å²) >= 11 is 1.63. The van der Waals surface area contributed by atoms with E-state index in [0.29, 0.717) is 18.8 Å². The molecule has 3 aromatic rings. The van der Waals surface area contributed by atoms with Gasteiger partial charge in [0.15, 0.2) is 5.13 Å². The van der Waals surface area contributed by atoms with Gasteiger partial charge in [-0.1, -0.05) is 29.5 Å². The predicted molar refractivity (Wildman–Crippen MR) is 106 cm³/mol. The Morgan fingerprint density at radius 1 is 1.37 bits per heavy atom. The number of aliphatic hydroxyl groups is 1. The third-order valence-electron chi connectivity index (χ3n) is 5.69. The van der Waals surface area contributed by atoms with Crippen molar-refractivity contribution in [3.8, 4) is 0 Å². The Hall–Kier alpha value is -2.38. The fourth-order valence-corrected chi connectivity index (χ4v) is 4.65. The molecule has 7 heteroatoms. The highest BCUT2D eigenvalue weighted by molar-refractivity contribution is 7.15. The van der Waals surface area contributed by atoms with Crippen LogP contribution in [0, 0.1) is 5.41 Å². The van der Waals surface area contributed by atoms with Crippen LogP contribution in [-0.2, 0) is 13.0 Å². The van der Waals surface area contributed by atoms with Gasteiger partial charge in [-0.05, 0) is 25.0 Å². The summed E-state index contributed by atoms with van der Waals surface area (Å²) in [6.07, 6.45) is 2.94. The summed E-state index contributed by atoms with van der Waals surface area (Å²) < 4.78 is 0. The highest BCUT2D eigenvalue weighted by Gasteiger charge is 2.42. The minimum Gasteiger partial charge on any atom is -0.396 e. The first-order chi connectivity index (χ1) is 13.2. The zero-order valence-corrected chi connectivity index (χ0v) is 15.8. The summed E-state index contributed by atoms with van der Waals surface area (Å²) in [6, 6.07) is 9.87. The van der Waals surface area contributed by atoms with Gasteiger partial charge in [-0.2, -0.15) is 0 Å². The van der Waals surface area contributed by atoms with E-state index in [1.807, 2.05) is 35.2 Å². The second kappa shape index (κ2) is 6.35. The van der Waals surface area contributed by atoms with Crippen molar-refractivity contribution in [2.75, 3.05) is 25.0 Å². The largest absolute Gasteiger partial charge is 0.396 e. The van der Waals surface area contributed by atoms with Gasteiger partial charge in [0.25, 0.3) is 5.91 Å². The quantitative estimate of drug-likeness (QED) is 0.634. The van der Waals surface area contributed by atoms with Crippen molar-refractivity contribution < 1.29 is 9.90 Å². The minimum absolute atomic E-state index is 0.0389. The first-order valence-electron chi connectivity index (χ1n) is 9.36. The maximum atomic E-state index is 12.9. The van der Waals surface area contributed by atoms with Crippen LogP contribution >= 0.6 is 11.3 Å². The van der Waals surface area contributed by atoms with Crippen molar-refractivity contribution in [1.29, 1.82) is 0 Å². The molecular weight excluding hydrogens is 360 g/mol. The van der Waals surface area contributed by atoms with E-state index in [4.69, 9.17) is 4.98 Å². The maximum absolute atomic E-state index is 12.9.